The van der Waals surface area contributed by atoms with Crippen molar-refractivity contribution < 1.29 is 9.59 Å². The quantitative estimate of drug-likeness (QED) is 0.269. The number of carbonyl (C=O) groups excluding carboxylic acids is 2. The molecule has 0 amide bonds. The highest BCUT2D eigenvalue weighted by Crippen LogP contribution is 2.36. The van der Waals surface area contributed by atoms with Gasteiger partial charge in [0.05, 0.1) is 6.04 Å². The summed E-state index contributed by atoms with van der Waals surface area (Å²) in [5, 5.41) is 2.20. The number of hydrogen-bond acceptors (Lipinski definition) is 3. The normalized spacial score (nSPS) is 18.1. The lowest BCUT2D eigenvalue weighted by molar-refractivity contribution is -0.118. The van der Waals surface area contributed by atoms with Crippen LogP contribution < -0.4 is 0 Å². The number of Topliss-reactive ketones (excluding diaryl/α,β-unsaturated/α-hetero) is 1. The highest BCUT2D eigenvalue weighted by Gasteiger charge is 2.40. The maximum atomic E-state index is 13.3. The molecule has 1 heterocycles. The third-order valence-electron chi connectivity index (χ3n) is 6.89. The average Bonchev–Trinajstić information content (AvgIpc) is 3.52. The first-order valence-corrected chi connectivity index (χ1v) is 11.6. The highest BCUT2D eigenvalue weighted by atomic mass is 16.1. The molecule has 2 unspecified atom stereocenters. The van der Waals surface area contributed by atoms with Crippen LogP contribution in [0.3, 0.4) is 0 Å². The van der Waals surface area contributed by atoms with Gasteiger partial charge < -0.3 is 4.57 Å². The van der Waals surface area contributed by atoms with E-state index in [1.807, 2.05) is 50.2 Å². The van der Waals surface area contributed by atoms with Gasteiger partial charge in [0.2, 0.25) is 0 Å². The molecule has 0 N–H and O–H groups in total. The van der Waals surface area contributed by atoms with Gasteiger partial charge in [0, 0.05) is 51.1 Å². The third kappa shape index (κ3) is 3.70. The Bertz CT molecular complexity index is 1460. The Balaban J connectivity index is 1.61. The van der Waals surface area contributed by atoms with Gasteiger partial charge >= 0.3 is 0 Å². The second-order valence-corrected chi connectivity index (χ2v) is 9.09. The van der Waals surface area contributed by atoms with Crippen molar-refractivity contribution in [2.24, 2.45) is 10.9 Å². The molecule has 1 fully saturated rings. The molecule has 0 aliphatic heterocycles. The average molecular weight is 437 g/mol. The van der Waals surface area contributed by atoms with Gasteiger partial charge in [-0.05, 0) is 75.6 Å². The zero-order valence-corrected chi connectivity index (χ0v) is 19.6. The lowest BCUT2D eigenvalue weighted by Gasteiger charge is -2.06. The Morgan fingerprint density at radius 3 is 2.18 bits per heavy atom. The number of ketones is 2. The van der Waals surface area contributed by atoms with E-state index in [1.165, 1.54) is 0 Å². The number of benzene rings is 3. The molecule has 1 aromatic heterocycles. The minimum atomic E-state index is 0.0466. The summed E-state index contributed by atoms with van der Waals surface area (Å²) in [6.07, 6.45) is 0.856. The zero-order valence-electron chi connectivity index (χ0n) is 19.6. The van der Waals surface area contributed by atoms with Crippen molar-refractivity contribution in [3.63, 3.8) is 0 Å². The number of fused-ring (bicyclic) bond motifs is 3. The molecule has 0 spiro atoms. The standard InChI is InChI=1S/C29H28N2O2/c1-5-31-27-12-10-20(18(3)30-26-16-23(26)19(4)32)14-24(27)25-15-21(11-13-28(25)31)29(33)22-9-7-6-8-17(22)2/h6-15,23,26H,5,16H2,1-4H3. The van der Waals surface area contributed by atoms with Crippen molar-refractivity contribution >= 4 is 39.1 Å². The largest absolute Gasteiger partial charge is 0.341 e. The van der Waals surface area contributed by atoms with Crippen molar-refractivity contribution in [1.82, 2.24) is 4.57 Å². The van der Waals surface area contributed by atoms with Crippen LogP contribution in [0.25, 0.3) is 21.8 Å². The van der Waals surface area contributed by atoms with E-state index in [-0.39, 0.29) is 23.5 Å². The fraction of sp³-hybridized carbons (Fsp3) is 0.276. The molecule has 0 saturated heterocycles. The van der Waals surface area contributed by atoms with Crippen LogP contribution in [0.5, 0.6) is 0 Å². The number of aryl methyl sites for hydroxylation is 2. The maximum absolute atomic E-state index is 13.3. The lowest BCUT2D eigenvalue weighted by Crippen LogP contribution is -2.03. The van der Waals surface area contributed by atoms with E-state index in [4.69, 9.17) is 4.99 Å². The number of aromatic nitrogens is 1. The minimum absolute atomic E-state index is 0.0466. The van der Waals surface area contributed by atoms with Crippen LogP contribution in [0.15, 0.2) is 65.7 Å². The molecular formula is C29H28N2O2. The van der Waals surface area contributed by atoms with Crippen LogP contribution in [0.4, 0.5) is 0 Å². The fourth-order valence-corrected chi connectivity index (χ4v) is 4.88. The van der Waals surface area contributed by atoms with Crippen LogP contribution in [0, 0.1) is 12.8 Å². The summed E-state index contributed by atoms with van der Waals surface area (Å²) in [6, 6.07) is 20.3. The Hall–Kier alpha value is -3.53. The van der Waals surface area contributed by atoms with E-state index in [0.717, 1.165) is 57.2 Å². The van der Waals surface area contributed by atoms with Gasteiger partial charge in [-0.3, -0.25) is 14.6 Å². The molecular weight excluding hydrogens is 408 g/mol. The highest BCUT2D eigenvalue weighted by molar-refractivity contribution is 6.16. The predicted octanol–water partition coefficient (Wildman–Crippen LogP) is 6.14. The van der Waals surface area contributed by atoms with Crippen molar-refractivity contribution in [2.45, 2.75) is 46.7 Å². The maximum Gasteiger partial charge on any atom is 0.193 e. The van der Waals surface area contributed by atoms with Gasteiger partial charge in [-0.2, -0.15) is 0 Å². The summed E-state index contributed by atoms with van der Waals surface area (Å²) in [5.41, 5.74) is 6.71. The van der Waals surface area contributed by atoms with Gasteiger partial charge in [0.25, 0.3) is 0 Å². The number of rotatable bonds is 6. The van der Waals surface area contributed by atoms with Crippen LogP contribution in [-0.2, 0) is 11.3 Å². The van der Waals surface area contributed by atoms with Crippen molar-refractivity contribution in [3.8, 4) is 0 Å². The van der Waals surface area contributed by atoms with Gasteiger partial charge in [-0.15, -0.1) is 0 Å². The second kappa shape index (κ2) is 8.11. The van der Waals surface area contributed by atoms with E-state index in [9.17, 15) is 9.59 Å². The first-order valence-electron chi connectivity index (χ1n) is 11.6. The summed E-state index contributed by atoms with van der Waals surface area (Å²) in [7, 11) is 0. The Morgan fingerprint density at radius 2 is 1.58 bits per heavy atom. The van der Waals surface area contributed by atoms with E-state index in [0.29, 0.717) is 5.56 Å². The smallest absolute Gasteiger partial charge is 0.193 e. The number of aliphatic imine (C=N–C) groups is 1. The molecule has 3 aromatic carbocycles. The third-order valence-corrected chi connectivity index (χ3v) is 6.89. The van der Waals surface area contributed by atoms with E-state index < -0.39 is 0 Å². The van der Waals surface area contributed by atoms with Crippen LogP contribution in [0.2, 0.25) is 0 Å². The van der Waals surface area contributed by atoms with Crippen molar-refractivity contribution in [1.29, 1.82) is 0 Å². The molecule has 4 aromatic rings. The second-order valence-electron chi connectivity index (χ2n) is 9.09. The monoisotopic (exact) mass is 436 g/mol. The molecule has 0 radical (unpaired) electrons. The molecule has 1 aliphatic rings. The van der Waals surface area contributed by atoms with Gasteiger partial charge in [0.15, 0.2) is 5.78 Å². The first-order chi connectivity index (χ1) is 15.9. The number of hydrogen-bond donors (Lipinski definition) is 0. The lowest BCUT2D eigenvalue weighted by atomic mass is 9.97. The number of nitrogens with zero attached hydrogens (tertiary/aromatic N) is 2. The molecule has 2 atom stereocenters. The molecule has 1 saturated carbocycles. The summed E-state index contributed by atoms with van der Waals surface area (Å²) in [4.78, 5) is 29.7. The van der Waals surface area contributed by atoms with Crippen LogP contribution >= 0.6 is 0 Å². The fourth-order valence-electron chi connectivity index (χ4n) is 4.88. The molecule has 1 aliphatic carbocycles. The molecule has 33 heavy (non-hydrogen) atoms. The predicted molar refractivity (Wildman–Crippen MR) is 135 cm³/mol. The molecule has 5 rings (SSSR count). The first kappa shape index (κ1) is 21.3. The molecule has 4 heteroatoms. The minimum Gasteiger partial charge on any atom is -0.341 e. The summed E-state index contributed by atoms with van der Waals surface area (Å²) in [6.45, 7) is 8.63. The molecule has 0 bridgehead atoms. The van der Waals surface area contributed by atoms with Gasteiger partial charge in [0.1, 0.15) is 5.78 Å². The van der Waals surface area contributed by atoms with E-state index in [1.54, 1.807) is 6.92 Å². The van der Waals surface area contributed by atoms with Gasteiger partial charge in [-0.25, -0.2) is 0 Å². The summed E-state index contributed by atoms with van der Waals surface area (Å²) in [5.74, 6) is 0.356. The van der Waals surface area contributed by atoms with E-state index in [2.05, 4.69) is 35.8 Å². The van der Waals surface area contributed by atoms with E-state index >= 15 is 0 Å². The van der Waals surface area contributed by atoms with Crippen molar-refractivity contribution in [2.75, 3.05) is 0 Å². The zero-order chi connectivity index (χ0) is 23.3. The SMILES string of the molecule is CCn1c2ccc(C(=O)c3ccccc3C)cc2c2cc(C(C)=NC3CC3C(C)=O)ccc21. The molecule has 4 nitrogen and oxygen atoms in total. The summed E-state index contributed by atoms with van der Waals surface area (Å²) >= 11 is 0. The van der Waals surface area contributed by atoms with Crippen LogP contribution in [-0.4, -0.2) is 27.9 Å². The molecule has 166 valence electrons. The summed E-state index contributed by atoms with van der Waals surface area (Å²) < 4.78 is 2.29. The van der Waals surface area contributed by atoms with Gasteiger partial charge in [-0.1, -0.05) is 30.3 Å². The Labute approximate surface area is 193 Å². The Kier molecular flexibility index (Phi) is 5.24. The Morgan fingerprint density at radius 1 is 0.939 bits per heavy atom. The van der Waals surface area contributed by atoms with Crippen LogP contribution in [0.1, 0.15) is 54.2 Å². The number of carbonyl (C=O) groups is 2. The van der Waals surface area contributed by atoms with Crippen molar-refractivity contribution in [3.05, 3.63) is 82.9 Å². The topological polar surface area (TPSA) is 51.4 Å².